The first-order chi connectivity index (χ1) is 6.77. The number of aromatic nitrogens is 3. The van der Waals surface area contributed by atoms with Crippen LogP contribution in [0.3, 0.4) is 0 Å². The minimum Gasteiger partial charge on any atom is -0.253 e. The Bertz CT molecular complexity index is 447. The fraction of sp³-hybridized carbons (Fsp3) is 0. The molecule has 14 heavy (non-hydrogen) atoms. The van der Waals surface area contributed by atoms with Crippen LogP contribution in [0, 0.1) is 0 Å². The second-order valence-corrected chi connectivity index (χ2v) is 3.76. The van der Waals surface area contributed by atoms with Crippen molar-refractivity contribution in [2.75, 3.05) is 0 Å². The number of pyridine rings is 1. The molecule has 0 radical (unpaired) electrons. The maximum absolute atomic E-state index is 5.84. The van der Waals surface area contributed by atoms with Crippen molar-refractivity contribution in [1.29, 1.82) is 0 Å². The smallest absolute Gasteiger partial charge is 0.179 e. The summed E-state index contributed by atoms with van der Waals surface area (Å²) in [4.78, 5) is 12.3. The number of halogens is 2. The molecule has 0 saturated carbocycles. The molecule has 0 bridgehead atoms. The van der Waals surface area contributed by atoms with E-state index in [0.29, 0.717) is 21.1 Å². The van der Waals surface area contributed by atoms with Gasteiger partial charge in [-0.05, 0) is 28.1 Å². The Morgan fingerprint density at radius 1 is 1.21 bits per heavy atom. The van der Waals surface area contributed by atoms with Crippen LogP contribution in [-0.2, 0) is 0 Å². The number of hydrogen-bond donors (Lipinski definition) is 0. The molecule has 2 rings (SSSR count). The molecule has 0 amide bonds. The van der Waals surface area contributed by atoms with Gasteiger partial charge in [0.2, 0.25) is 0 Å². The summed E-state index contributed by atoms with van der Waals surface area (Å²) in [6.07, 6.45) is 3.30. The van der Waals surface area contributed by atoms with Gasteiger partial charge in [0.1, 0.15) is 10.8 Å². The van der Waals surface area contributed by atoms with Crippen LogP contribution in [0.2, 0.25) is 5.15 Å². The minimum atomic E-state index is 0.389. The van der Waals surface area contributed by atoms with E-state index in [1.807, 2.05) is 18.2 Å². The first-order valence-electron chi connectivity index (χ1n) is 3.87. The van der Waals surface area contributed by atoms with E-state index in [2.05, 4.69) is 30.9 Å². The van der Waals surface area contributed by atoms with Crippen LogP contribution in [-0.4, -0.2) is 15.0 Å². The van der Waals surface area contributed by atoms with Crippen LogP contribution in [0.15, 0.2) is 35.1 Å². The van der Waals surface area contributed by atoms with Crippen molar-refractivity contribution in [3.05, 3.63) is 40.2 Å². The molecule has 0 atom stereocenters. The van der Waals surface area contributed by atoms with Crippen LogP contribution in [0.1, 0.15) is 0 Å². The quantitative estimate of drug-likeness (QED) is 0.748. The number of hydrogen-bond acceptors (Lipinski definition) is 3. The van der Waals surface area contributed by atoms with Crippen LogP contribution >= 0.6 is 27.5 Å². The molecule has 0 aliphatic carbocycles. The van der Waals surface area contributed by atoms with E-state index in [0.717, 1.165) is 0 Å². The molecule has 0 fully saturated rings. The highest BCUT2D eigenvalue weighted by molar-refractivity contribution is 9.10. The molecule has 0 N–H and O–H groups in total. The van der Waals surface area contributed by atoms with Gasteiger partial charge in [0.25, 0.3) is 0 Å². The highest BCUT2D eigenvalue weighted by Crippen LogP contribution is 2.21. The van der Waals surface area contributed by atoms with Crippen molar-refractivity contribution in [2.45, 2.75) is 0 Å². The summed E-state index contributed by atoms with van der Waals surface area (Å²) in [5.41, 5.74) is 0.710. The summed E-state index contributed by atoms with van der Waals surface area (Å²) < 4.78 is 0.679. The van der Waals surface area contributed by atoms with Crippen molar-refractivity contribution in [3.8, 4) is 11.5 Å². The molecule has 3 nitrogen and oxygen atoms in total. The van der Waals surface area contributed by atoms with E-state index >= 15 is 0 Å². The molecule has 0 unspecified atom stereocenters. The van der Waals surface area contributed by atoms with Gasteiger partial charge >= 0.3 is 0 Å². The van der Waals surface area contributed by atoms with Crippen molar-refractivity contribution >= 4 is 27.5 Å². The molecular weight excluding hydrogens is 265 g/mol. The fourth-order valence-corrected chi connectivity index (χ4v) is 1.28. The van der Waals surface area contributed by atoms with Gasteiger partial charge in [0.15, 0.2) is 5.82 Å². The van der Waals surface area contributed by atoms with Crippen molar-refractivity contribution in [3.63, 3.8) is 0 Å². The molecule has 0 aliphatic rings. The predicted molar refractivity (Wildman–Crippen MR) is 58.0 cm³/mol. The van der Waals surface area contributed by atoms with Gasteiger partial charge in [0.05, 0.1) is 4.47 Å². The molecule has 70 valence electrons. The second-order valence-electron chi connectivity index (χ2n) is 2.55. The van der Waals surface area contributed by atoms with Crippen LogP contribution < -0.4 is 0 Å². The molecule has 2 aromatic rings. The zero-order valence-corrected chi connectivity index (χ0v) is 9.33. The lowest BCUT2D eigenvalue weighted by molar-refractivity contribution is 1.13. The molecule has 2 aromatic heterocycles. The number of nitrogens with zero attached hydrogens (tertiary/aromatic N) is 3. The number of rotatable bonds is 1. The Labute approximate surface area is 94.3 Å². The summed E-state index contributed by atoms with van der Waals surface area (Å²) in [5.74, 6) is 0.527. The summed E-state index contributed by atoms with van der Waals surface area (Å²) in [6, 6.07) is 5.55. The first kappa shape index (κ1) is 9.55. The summed E-state index contributed by atoms with van der Waals surface area (Å²) in [5, 5.41) is 0.389. The van der Waals surface area contributed by atoms with Gasteiger partial charge in [-0.3, -0.25) is 4.98 Å². The van der Waals surface area contributed by atoms with Gasteiger partial charge in [-0.1, -0.05) is 17.7 Å². The van der Waals surface area contributed by atoms with Crippen LogP contribution in [0.4, 0.5) is 0 Å². The van der Waals surface area contributed by atoms with Gasteiger partial charge in [-0.15, -0.1) is 0 Å². The van der Waals surface area contributed by atoms with E-state index in [1.165, 1.54) is 0 Å². The maximum atomic E-state index is 5.84. The average molecular weight is 271 g/mol. The van der Waals surface area contributed by atoms with E-state index < -0.39 is 0 Å². The molecule has 2 heterocycles. The lowest BCUT2D eigenvalue weighted by atomic mass is 10.3. The monoisotopic (exact) mass is 269 g/mol. The summed E-state index contributed by atoms with van der Waals surface area (Å²) in [6.45, 7) is 0. The van der Waals surface area contributed by atoms with E-state index in [4.69, 9.17) is 11.6 Å². The Balaban J connectivity index is 2.48. The minimum absolute atomic E-state index is 0.389. The van der Waals surface area contributed by atoms with E-state index in [1.54, 1.807) is 12.4 Å². The Hall–Kier alpha value is -1.00. The average Bonchev–Trinajstić information content (AvgIpc) is 2.23. The van der Waals surface area contributed by atoms with Crippen molar-refractivity contribution in [2.24, 2.45) is 0 Å². The first-order valence-corrected chi connectivity index (χ1v) is 5.04. The molecule has 0 aliphatic heterocycles. The van der Waals surface area contributed by atoms with Crippen LogP contribution in [0.25, 0.3) is 11.5 Å². The zero-order chi connectivity index (χ0) is 9.97. The molecule has 0 aromatic carbocycles. The summed E-state index contributed by atoms with van der Waals surface area (Å²) in [7, 11) is 0. The van der Waals surface area contributed by atoms with Gasteiger partial charge in [0, 0.05) is 12.4 Å². The third-order valence-corrected chi connectivity index (χ3v) is 2.69. The largest absolute Gasteiger partial charge is 0.253 e. The molecule has 0 spiro atoms. The van der Waals surface area contributed by atoms with E-state index in [9.17, 15) is 0 Å². The lowest BCUT2D eigenvalue weighted by Crippen LogP contribution is -1.91. The Morgan fingerprint density at radius 3 is 2.71 bits per heavy atom. The standard InChI is InChI=1S/C9H5BrClN3/c10-6-5-13-9(14-8(6)11)7-3-1-2-4-12-7/h1-5H. The molecule has 0 saturated heterocycles. The highest BCUT2D eigenvalue weighted by Gasteiger charge is 2.04. The SMILES string of the molecule is Clc1nc(-c2ccccn2)ncc1Br. The zero-order valence-electron chi connectivity index (χ0n) is 6.98. The fourth-order valence-electron chi connectivity index (χ4n) is 0.965. The van der Waals surface area contributed by atoms with Gasteiger partial charge in [-0.25, -0.2) is 9.97 Å². The summed E-state index contributed by atoms with van der Waals surface area (Å²) >= 11 is 9.06. The Morgan fingerprint density at radius 2 is 2.07 bits per heavy atom. The molecule has 5 heteroatoms. The normalized spacial score (nSPS) is 10.1. The van der Waals surface area contributed by atoms with Crippen molar-refractivity contribution < 1.29 is 0 Å². The van der Waals surface area contributed by atoms with E-state index in [-0.39, 0.29) is 0 Å². The van der Waals surface area contributed by atoms with Crippen LogP contribution in [0.5, 0.6) is 0 Å². The lowest BCUT2D eigenvalue weighted by Gasteiger charge is -1.99. The highest BCUT2D eigenvalue weighted by atomic mass is 79.9. The third-order valence-electron chi connectivity index (χ3n) is 1.60. The second kappa shape index (κ2) is 4.02. The third kappa shape index (κ3) is 1.91. The van der Waals surface area contributed by atoms with Crippen molar-refractivity contribution in [1.82, 2.24) is 15.0 Å². The van der Waals surface area contributed by atoms with Gasteiger partial charge < -0.3 is 0 Å². The predicted octanol–water partition coefficient (Wildman–Crippen LogP) is 2.95. The topological polar surface area (TPSA) is 38.7 Å². The maximum Gasteiger partial charge on any atom is 0.179 e. The molecular formula is C9H5BrClN3. The van der Waals surface area contributed by atoms with Gasteiger partial charge in [-0.2, -0.15) is 0 Å². The Kier molecular flexibility index (Phi) is 2.74.